The summed E-state index contributed by atoms with van der Waals surface area (Å²) in [5.41, 5.74) is 9.88. The Bertz CT molecular complexity index is 3070. The van der Waals surface area contributed by atoms with Crippen LogP contribution in [0.1, 0.15) is 0 Å². The SMILES string of the molecule is c1ccc(N(c2ccccc2)c2ccc3cc4c(cc3c2)oc2ccc3oc5cc(N(c6ccccc6)c6ccccc6)c6ccccc6c5c3c24)cc1. The summed E-state index contributed by atoms with van der Waals surface area (Å²) >= 11 is 0. The molecule has 0 radical (unpaired) electrons. The molecule has 0 unspecified atom stereocenters. The molecule has 2 heterocycles. The van der Waals surface area contributed by atoms with Gasteiger partial charge in [0.15, 0.2) is 0 Å². The van der Waals surface area contributed by atoms with Gasteiger partial charge < -0.3 is 18.6 Å². The minimum atomic E-state index is 0.838. The van der Waals surface area contributed by atoms with Crippen LogP contribution in [0, 0.1) is 0 Å². The number of anilines is 6. The fraction of sp³-hybridized carbons (Fsp3) is 0. The fourth-order valence-corrected chi connectivity index (χ4v) is 8.21. The van der Waals surface area contributed by atoms with Crippen LogP contribution in [0.2, 0.25) is 0 Å². The van der Waals surface area contributed by atoms with Gasteiger partial charge in [-0.15, -0.1) is 0 Å². The maximum Gasteiger partial charge on any atom is 0.138 e. The van der Waals surface area contributed by atoms with E-state index in [1.807, 2.05) is 6.07 Å². The predicted octanol–water partition coefficient (Wildman–Crippen LogP) is 14.7. The molecule has 0 spiro atoms. The van der Waals surface area contributed by atoms with E-state index in [4.69, 9.17) is 8.83 Å². The number of fused-ring (bicyclic) bond motifs is 10. The number of benzene rings is 9. The van der Waals surface area contributed by atoms with Gasteiger partial charge in [-0.25, -0.2) is 0 Å². The van der Waals surface area contributed by atoms with Crippen molar-refractivity contribution in [3.8, 4) is 0 Å². The smallest absolute Gasteiger partial charge is 0.138 e. The lowest BCUT2D eigenvalue weighted by Gasteiger charge is -2.26. The summed E-state index contributed by atoms with van der Waals surface area (Å²) in [4.78, 5) is 4.61. The first-order valence-corrected chi connectivity index (χ1v) is 18.3. The molecule has 9 aromatic carbocycles. The van der Waals surface area contributed by atoms with Crippen molar-refractivity contribution in [1.82, 2.24) is 0 Å². The first-order chi connectivity index (χ1) is 26.8. The summed E-state index contributed by atoms with van der Waals surface area (Å²) < 4.78 is 13.5. The highest BCUT2D eigenvalue weighted by Crippen LogP contribution is 2.48. The van der Waals surface area contributed by atoms with Crippen LogP contribution in [0.5, 0.6) is 0 Å². The third kappa shape index (κ3) is 4.78. The minimum absolute atomic E-state index is 0.838. The summed E-state index contributed by atoms with van der Waals surface area (Å²) in [6, 6.07) is 68.2. The molecule has 54 heavy (non-hydrogen) atoms. The highest BCUT2D eigenvalue weighted by Gasteiger charge is 2.23. The van der Waals surface area contributed by atoms with Gasteiger partial charge in [-0.1, -0.05) is 103 Å². The fourth-order valence-electron chi connectivity index (χ4n) is 8.21. The summed E-state index contributed by atoms with van der Waals surface area (Å²) in [7, 11) is 0. The van der Waals surface area contributed by atoms with Gasteiger partial charge in [0.2, 0.25) is 0 Å². The van der Waals surface area contributed by atoms with Crippen molar-refractivity contribution in [2.24, 2.45) is 0 Å². The van der Waals surface area contributed by atoms with E-state index in [1.165, 1.54) is 0 Å². The van der Waals surface area contributed by atoms with Gasteiger partial charge >= 0.3 is 0 Å². The Kier molecular flexibility index (Phi) is 6.82. The standard InChI is InChI=1S/C50H32N2O2/c1-5-15-35(16-6-1)51(36-17-7-2-8-18-36)39-26-25-33-30-42-46(31-34(33)29-39)53-44-27-28-45-50(49(42)44)48-41-24-14-13-23-40(41)43(32-47(48)54-45)52(37-19-9-3-10-20-37)38-21-11-4-12-22-38/h1-32H. The summed E-state index contributed by atoms with van der Waals surface area (Å²) in [5, 5.41) is 8.85. The molecule has 0 amide bonds. The van der Waals surface area contributed by atoms with Gasteiger partial charge in [0, 0.05) is 61.4 Å². The third-order valence-electron chi connectivity index (χ3n) is 10.6. The quantitative estimate of drug-likeness (QED) is 0.174. The average Bonchev–Trinajstić information content (AvgIpc) is 3.79. The van der Waals surface area contributed by atoms with Gasteiger partial charge in [-0.2, -0.15) is 0 Å². The lowest BCUT2D eigenvalue weighted by molar-refractivity contribution is 0.663. The Morgan fingerprint density at radius 3 is 1.39 bits per heavy atom. The highest BCUT2D eigenvalue weighted by molar-refractivity contribution is 6.32. The summed E-state index contributed by atoms with van der Waals surface area (Å²) in [6.45, 7) is 0. The lowest BCUT2D eigenvalue weighted by Crippen LogP contribution is -2.10. The van der Waals surface area contributed by atoms with E-state index in [1.54, 1.807) is 0 Å². The van der Waals surface area contributed by atoms with Gasteiger partial charge in [0.05, 0.1) is 5.69 Å². The van der Waals surface area contributed by atoms with E-state index in [0.717, 1.165) is 99.5 Å². The normalized spacial score (nSPS) is 11.7. The average molecular weight is 693 g/mol. The molecule has 4 nitrogen and oxygen atoms in total. The van der Waals surface area contributed by atoms with Crippen molar-refractivity contribution < 1.29 is 8.83 Å². The molecule has 0 N–H and O–H groups in total. The summed E-state index contributed by atoms with van der Waals surface area (Å²) in [6.07, 6.45) is 0. The van der Waals surface area contributed by atoms with E-state index in [2.05, 4.69) is 198 Å². The maximum absolute atomic E-state index is 6.79. The Hall–Kier alpha value is -7.30. The second-order valence-electron chi connectivity index (χ2n) is 13.7. The number of hydrogen-bond donors (Lipinski definition) is 0. The zero-order chi connectivity index (χ0) is 35.6. The molecule has 0 saturated heterocycles. The minimum Gasteiger partial charge on any atom is -0.456 e. The molecule has 2 aromatic heterocycles. The Morgan fingerprint density at radius 1 is 0.278 bits per heavy atom. The van der Waals surface area contributed by atoms with Crippen molar-refractivity contribution in [3.63, 3.8) is 0 Å². The number of para-hydroxylation sites is 4. The molecule has 0 aliphatic heterocycles. The molecular formula is C50H32N2O2. The first-order valence-electron chi connectivity index (χ1n) is 18.3. The Labute approximate surface area is 311 Å². The van der Waals surface area contributed by atoms with Crippen LogP contribution in [-0.4, -0.2) is 0 Å². The van der Waals surface area contributed by atoms with Crippen LogP contribution in [0.4, 0.5) is 34.1 Å². The van der Waals surface area contributed by atoms with Crippen LogP contribution in [-0.2, 0) is 0 Å². The van der Waals surface area contributed by atoms with Crippen molar-refractivity contribution in [1.29, 1.82) is 0 Å². The largest absolute Gasteiger partial charge is 0.456 e. The Morgan fingerprint density at radius 2 is 0.778 bits per heavy atom. The maximum atomic E-state index is 6.79. The third-order valence-corrected chi connectivity index (χ3v) is 10.6. The zero-order valence-corrected chi connectivity index (χ0v) is 29.2. The highest BCUT2D eigenvalue weighted by atomic mass is 16.3. The number of rotatable bonds is 6. The molecule has 0 aliphatic rings. The Balaban J connectivity index is 1.13. The van der Waals surface area contributed by atoms with E-state index >= 15 is 0 Å². The van der Waals surface area contributed by atoms with Crippen LogP contribution < -0.4 is 9.80 Å². The molecule has 4 heteroatoms. The number of hydrogen-bond acceptors (Lipinski definition) is 4. The number of nitrogens with zero attached hydrogens (tertiary/aromatic N) is 2. The van der Waals surface area contributed by atoms with Crippen LogP contribution in [0.15, 0.2) is 203 Å². The molecule has 0 aliphatic carbocycles. The topological polar surface area (TPSA) is 32.8 Å². The lowest BCUT2D eigenvalue weighted by atomic mass is 9.98. The van der Waals surface area contributed by atoms with Gasteiger partial charge in [-0.3, -0.25) is 0 Å². The second kappa shape index (κ2) is 12.1. The van der Waals surface area contributed by atoms with E-state index in [9.17, 15) is 0 Å². The van der Waals surface area contributed by atoms with Gasteiger partial charge in [0.25, 0.3) is 0 Å². The van der Waals surface area contributed by atoms with E-state index < -0.39 is 0 Å². The van der Waals surface area contributed by atoms with E-state index in [0.29, 0.717) is 0 Å². The zero-order valence-electron chi connectivity index (χ0n) is 29.2. The van der Waals surface area contributed by atoms with E-state index in [-0.39, 0.29) is 0 Å². The molecular weight excluding hydrogens is 661 g/mol. The molecule has 11 aromatic rings. The molecule has 0 fully saturated rings. The monoisotopic (exact) mass is 692 g/mol. The second-order valence-corrected chi connectivity index (χ2v) is 13.7. The molecule has 0 saturated carbocycles. The van der Waals surface area contributed by atoms with Crippen LogP contribution in [0.25, 0.3) is 65.4 Å². The molecule has 11 rings (SSSR count). The molecule has 0 bridgehead atoms. The number of furan rings is 2. The van der Waals surface area contributed by atoms with Crippen molar-refractivity contribution in [3.05, 3.63) is 194 Å². The van der Waals surface area contributed by atoms with Crippen LogP contribution >= 0.6 is 0 Å². The van der Waals surface area contributed by atoms with Crippen molar-refractivity contribution >= 4 is 99.5 Å². The van der Waals surface area contributed by atoms with Gasteiger partial charge in [0.1, 0.15) is 22.3 Å². The van der Waals surface area contributed by atoms with Crippen molar-refractivity contribution in [2.45, 2.75) is 0 Å². The van der Waals surface area contributed by atoms with Crippen molar-refractivity contribution in [2.75, 3.05) is 9.80 Å². The molecule has 254 valence electrons. The summed E-state index contributed by atoms with van der Waals surface area (Å²) in [5.74, 6) is 0. The molecule has 0 atom stereocenters. The predicted molar refractivity (Wildman–Crippen MR) is 225 cm³/mol. The van der Waals surface area contributed by atoms with Crippen LogP contribution in [0.3, 0.4) is 0 Å². The first kappa shape index (κ1) is 30.3. The van der Waals surface area contributed by atoms with Gasteiger partial charge in [-0.05, 0) is 101 Å².